The second-order valence-corrected chi connectivity index (χ2v) is 6.32. The molecule has 138 valence electrons. The lowest BCUT2D eigenvalue weighted by Crippen LogP contribution is -2.40. The van der Waals surface area contributed by atoms with Crippen LogP contribution in [-0.4, -0.2) is 63.7 Å². The van der Waals surface area contributed by atoms with Crippen molar-refractivity contribution < 1.29 is 9.53 Å². The minimum atomic E-state index is -0.0556. The van der Waals surface area contributed by atoms with E-state index >= 15 is 0 Å². The first-order chi connectivity index (χ1) is 12.2. The molecule has 2 rings (SSSR count). The third-order valence-electron chi connectivity index (χ3n) is 4.40. The van der Waals surface area contributed by atoms with Gasteiger partial charge in [0.15, 0.2) is 5.96 Å². The smallest absolute Gasteiger partial charge is 0.251 e. The fraction of sp³-hybridized carbons (Fsp3) is 0.579. The van der Waals surface area contributed by atoms with Gasteiger partial charge in [-0.25, -0.2) is 0 Å². The molecule has 0 radical (unpaired) electrons. The van der Waals surface area contributed by atoms with Gasteiger partial charge in [0.25, 0.3) is 5.91 Å². The summed E-state index contributed by atoms with van der Waals surface area (Å²) in [5.74, 6) is 1.50. The van der Waals surface area contributed by atoms with Crippen molar-refractivity contribution in [1.82, 2.24) is 15.5 Å². The summed E-state index contributed by atoms with van der Waals surface area (Å²) >= 11 is 0. The molecule has 1 fully saturated rings. The Morgan fingerprint density at radius 1 is 1.44 bits per heavy atom. The number of carbonyl (C=O) groups is 1. The standard InChI is InChI=1S/C19H30N4O2/c1-4-21-19(23-11-9-16(13-23)14-25-3)22-10-8-15-6-5-7-17(12-15)18(24)20-2/h5-7,12,16H,4,8-11,13-14H2,1-3H3,(H,20,24)(H,21,22). The predicted octanol–water partition coefficient (Wildman–Crippen LogP) is 1.52. The lowest BCUT2D eigenvalue weighted by Gasteiger charge is -2.21. The van der Waals surface area contributed by atoms with E-state index in [0.717, 1.165) is 50.6 Å². The number of methoxy groups -OCH3 is 1. The summed E-state index contributed by atoms with van der Waals surface area (Å²) in [5, 5.41) is 6.04. The van der Waals surface area contributed by atoms with Crippen molar-refractivity contribution in [1.29, 1.82) is 0 Å². The highest BCUT2D eigenvalue weighted by atomic mass is 16.5. The van der Waals surface area contributed by atoms with E-state index in [1.165, 1.54) is 0 Å². The van der Waals surface area contributed by atoms with Crippen molar-refractivity contribution >= 4 is 11.9 Å². The Hall–Kier alpha value is -2.08. The predicted molar refractivity (Wildman–Crippen MR) is 101 cm³/mol. The van der Waals surface area contributed by atoms with E-state index in [9.17, 15) is 4.79 Å². The molecule has 2 N–H and O–H groups in total. The normalized spacial score (nSPS) is 17.6. The molecular weight excluding hydrogens is 316 g/mol. The number of guanidine groups is 1. The van der Waals surface area contributed by atoms with Gasteiger partial charge in [0.2, 0.25) is 0 Å². The number of likely N-dealkylation sites (tertiary alicyclic amines) is 1. The van der Waals surface area contributed by atoms with Crippen LogP contribution in [0.15, 0.2) is 29.3 Å². The zero-order valence-electron chi connectivity index (χ0n) is 15.5. The Labute approximate surface area is 150 Å². The molecule has 25 heavy (non-hydrogen) atoms. The number of benzene rings is 1. The fourth-order valence-corrected chi connectivity index (χ4v) is 3.13. The molecule has 1 aromatic carbocycles. The van der Waals surface area contributed by atoms with Gasteiger partial charge in [0, 0.05) is 51.8 Å². The highest BCUT2D eigenvalue weighted by Gasteiger charge is 2.24. The van der Waals surface area contributed by atoms with E-state index in [1.54, 1.807) is 14.2 Å². The summed E-state index contributed by atoms with van der Waals surface area (Å²) < 4.78 is 5.27. The number of ether oxygens (including phenoxy) is 1. The molecule has 1 saturated heterocycles. The van der Waals surface area contributed by atoms with Crippen LogP contribution < -0.4 is 10.6 Å². The molecule has 1 aromatic rings. The Morgan fingerprint density at radius 2 is 2.28 bits per heavy atom. The van der Waals surface area contributed by atoms with Crippen LogP contribution in [-0.2, 0) is 11.2 Å². The Bertz CT molecular complexity index is 589. The van der Waals surface area contributed by atoms with Gasteiger partial charge in [0.05, 0.1) is 6.61 Å². The molecular formula is C19H30N4O2. The molecule has 1 unspecified atom stereocenters. The number of nitrogens with one attached hydrogen (secondary N) is 2. The maximum absolute atomic E-state index is 11.7. The van der Waals surface area contributed by atoms with E-state index in [-0.39, 0.29) is 5.91 Å². The average Bonchev–Trinajstić information content (AvgIpc) is 3.09. The SMILES string of the molecule is CCNC(=NCCc1cccc(C(=O)NC)c1)N1CCC(COC)C1. The minimum absolute atomic E-state index is 0.0556. The van der Waals surface area contributed by atoms with Gasteiger partial charge in [0.1, 0.15) is 0 Å². The molecule has 6 nitrogen and oxygen atoms in total. The molecule has 0 spiro atoms. The first-order valence-corrected chi connectivity index (χ1v) is 9.01. The summed E-state index contributed by atoms with van der Waals surface area (Å²) in [6.07, 6.45) is 1.96. The van der Waals surface area contributed by atoms with Crippen molar-refractivity contribution in [3.8, 4) is 0 Å². The molecule has 1 heterocycles. The van der Waals surface area contributed by atoms with E-state index in [0.29, 0.717) is 18.0 Å². The Morgan fingerprint density at radius 3 is 3.00 bits per heavy atom. The first-order valence-electron chi connectivity index (χ1n) is 9.01. The van der Waals surface area contributed by atoms with E-state index < -0.39 is 0 Å². The zero-order valence-corrected chi connectivity index (χ0v) is 15.5. The monoisotopic (exact) mass is 346 g/mol. The molecule has 0 saturated carbocycles. The van der Waals surface area contributed by atoms with Gasteiger partial charge in [-0.05, 0) is 37.5 Å². The summed E-state index contributed by atoms with van der Waals surface area (Å²) in [7, 11) is 3.41. The average molecular weight is 346 g/mol. The Kier molecular flexibility index (Phi) is 7.73. The van der Waals surface area contributed by atoms with Crippen LogP contribution in [0, 0.1) is 5.92 Å². The van der Waals surface area contributed by atoms with Gasteiger partial charge in [-0.3, -0.25) is 9.79 Å². The maximum Gasteiger partial charge on any atom is 0.251 e. The number of nitrogens with zero attached hydrogens (tertiary/aromatic N) is 2. The van der Waals surface area contributed by atoms with Gasteiger partial charge in [-0.2, -0.15) is 0 Å². The highest BCUT2D eigenvalue weighted by molar-refractivity contribution is 5.94. The molecule has 6 heteroatoms. The number of hydrogen-bond acceptors (Lipinski definition) is 3. The van der Waals surface area contributed by atoms with Crippen LogP contribution in [0.2, 0.25) is 0 Å². The maximum atomic E-state index is 11.7. The zero-order chi connectivity index (χ0) is 18.1. The largest absolute Gasteiger partial charge is 0.384 e. The summed E-state index contributed by atoms with van der Waals surface area (Å²) in [5.41, 5.74) is 1.82. The van der Waals surface area contributed by atoms with Gasteiger partial charge in [-0.1, -0.05) is 12.1 Å². The van der Waals surface area contributed by atoms with Gasteiger partial charge in [-0.15, -0.1) is 0 Å². The molecule has 0 aromatic heterocycles. The fourth-order valence-electron chi connectivity index (χ4n) is 3.13. The van der Waals surface area contributed by atoms with E-state index in [2.05, 4.69) is 22.5 Å². The van der Waals surface area contributed by atoms with Crippen molar-refractivity contribution in [3.63, 3.8) is 0 Å². The number of aliphatic imine (C=N–C) groups is 1. The summed E-state index contributed by atoms with van der Waals surface area (Å²) in [4.78, 5) is 18.8. The Balaban J connectivity index is 1.94. The van der Waals surface area contributed by atoms with E-state index in [4.69, 9.17) is 9.73 Å². The highest BCUT2D eigenvalue weighted by Crippen LogP contribution is 2.16. The van der Waals surface area contributed by atoms with Crippen molar-refractivity contribution in [2.45, 2.75) is 19.8 Å². The lowest BCUT2D eigenvalue weighted by atomic mass is 10.1. The lowest BCUT2D eigenvalue weighted by molar-refractivity contribution is 0.0963. The number of amides is 1. The molecule has 1 aliphatic rings. The third-order valence-corrected chi connectivity index (χ3v) is 4.40. The van der Waals surface area contributed by atoms with Crippen LogP contribution in [0.4, 0.5) is 0 Å². The second kappa shape index (κ2) is 10.0. The third kappa shape index (κ3) is 5.74. The number of rotatable bonds is 7. The summed E-state index contributed by atoms with van der Waals surface area (Å²) in [6, 6.07) is 7.73. The minimum Gasteiger partial charge on any atom is -0.384 e. The quantitative estimate of drug-likeness (QED) is 0.580. The van der Waals surface area contributed by atoms with Crippen molar-refractivity contribution in [2.24, 2.45) is 10.9 Å². The number of hydrogen-bond donors (Lipinski definition) is 2. The summed E-state index contributed by atoms with van der Waals surface area (Å²) in [6.45, 7) is 6.46. The molecule has 0 aliphatic carbocycles. The molecule has 1 aliphatic heterocycles. The van der Waals surface area contributed by atoms with Gasteiger partial charge >= 0.3 is 0 Å². The van der Waals surface area contributed by atoms with Crippen molar-refractivity contribution in [3.05, 3.63) is 35.4 Å². The van der Waals surface area contributed by atoms with Gasteiger partial charge < -0.3 is 20.3 Å². The van der Waals surface area contributed by atoms with Crippen molar-refractivity contribution in [2.75, 3.05) is 46.9 Å². The van der Waals surface area contributed by atoms with E-state index in [1.807, 2.05) is 24.3 Å². The number of carbonyl (C=O) groups excluding carboxylic acids is 1. The second-order valence-electron chi connectivity index (χ2n) is 6.32. The van der Waals surface area contributed by atoms with Crippen LogP contribution in [0.1, 0.15) is 29.3 Å². The molecule has 1 atom stereocenters. The van der Waals surface area contributed by atoms with Crippen LogP contribution in [0.5, 0.6) is 0 Å². The molecule has 1 amide bonds. The van der Waals surface area contributed by atoms with Crippen LogP contribution in [0.3, 0.4) is 0 Å². The van der Waals surface area contributed by atoms with Crippen LogP contribution >= 0.6 is 0 Å². The molecule has 0 bridgehead atoms. The van der Waals surface area contributed by atoms with Crippen LogP contribution in [0.25, 0.3) is 0 Å². The topological polar surface area (TPSA) is 66.0 Å². The first kappa shape index (κ1) is 19.2.